The lowest BCUT2D eigenvalue weighted by molar-refractivity contribution is -0.253. The number of carboxylic acids is 1. The van der Waals surface area contributed by atoms with Gasteiger partial charge in [-0.25, -0.2) is 8.42 Å². The average molecular weight is 469 g/mol. The van der Waals surface area contributed by atoms with Crippen molar-refractivity contribution in [2.45, 2.75) is 50.9 Å². The molecule has 1 aliphatic rings. The highest BCUT2D eigenvalue weighted by molar-refractivity contribution is 7.90. The van der Waals surface area contributed by atoms with E-state index in [1.165, 1.54) is 13.3 Å². The zero-order valence-corrected chi connectivity index (χ0v) is 19.1. The van der Waals surface area contributed by atoms with Crippen molar-refractivity contribution in [3.05, 3.63) is 0 Å². The highest BCUT2D eigenvalue weighted by Crippen LogP contribution is 2.19. The summed E-state index contributed by atoms with van der Waals surface area (Å²) in [6.45, 7) is 3.66. The molecule has 1 heterocycles. The van der Waals surface area contributed by atoms with Crippen LogP contribution in [0, 0.1) is 5.92 Å². The van der Waals surface area contributed by atoms with Gasteiger partial charge in [0.25, 0.3) is 0 Å². The van der Waals surface area contributed by atoms with E-state index in [9.17, 15) is 28.5 Å². The summed E-state index contributed by atoms with van der Waals surface area (Å²) in [4.78, 5) is 9.93. The molecular weight excluding hydrogens is 432 g/mol. The first kappa shape index (κ1) is 33.1. The van der Waals surface area contributed by atoms with Crippen LogP contribution in [0.2, 0.25) is 0 Å². The maximum absolute atomic E-state index is 10.4. The van der Waals surface area contributed by atoms with Gasteiger partial charge in [0.15, 0.2) is 6.29 Å². The molecule has 178 valence electrons. The number of hydrogen-bond donors (Lipinski definition) is 7. The molecule has 0 spiro atoms. The molecule has 6 atom stereocenters. The first-order valence-electron chi connectivity index (χ1n) is 8.89. The zero-order valence-electron chi connectivity index (χ0n) is 17.5. The van der Waals surface area contributed by atoms with Gasteiger partial charge in [0.1, 0.15) is 28.1 Å². The Balaban J connectivity index is -0.000000369. The van der Waals surface area contributed by atoms with Crippen molar-refractivity contribution in [2.24, 2.45) is 5.92 Å². The van der Waals surface area contributed by atoms with Crippen LogP contribution in [-0.2, 0) is 19.4 Å². The zero-order chi connectivity index (χ0) is 22.5. The van der Waals surface area contributed by atoms with Crippen molar-refractivity contribution in [1.29, 1.82) is 0 Å². The van der Waals surface area contributed by atoms with Crippen LogP contribution >= 0.6 is 12.4 Å². The van der Waals surface area contributed by atoms with E-state index in [1.807, 2.05) is 6.92 Å². The molecule has 0 aromatic carbocycles. The van der Waals surface area contributed by atoms with E-state index in [-0.39, 0.29) is 24.1 Å². The van der Waals surface area contributed by atoms with Crippen LogP contribution in [0.4, 0.5) is 0 Å². The van der Waals surface area contributed by atoms with Crippen molar-refractivity contribution >= 4 is 28.2 Å². The number of carbonyl (C=O) groups is 1. The van der Waals surface area contributed by atoms with E-state index in [0.29, 0.717) is 6.54 Å². The lowest BCUT2D eigenvalue weighted by atomic mass is 9.97. The molecule has 6 unspecified atom stereocenters. The minimum atomic E-state index is -2.75. The predicted molar refractivity (Wildman–Crippen MR) is 111 cm³/mol. The highest BCUT2D eigenvalue weighted by Gasteiger charge is 2.42. The van der Waals surface area contributed by atoms with Gasteiger partial charge < -0.3 is 40.9 Å². The summed E-state index contributed by atoms with van der Waals surface area (Å²) in [6, 6.07) is -0.738. The molecule has 1 rings (SSSR count). The Hall–Kier alpha value is -0.570. The number of aliphatic hydroxyl groups excluding tert-OH is 4. The molecule has 29 heavy (non-hydrogen) atoms. The molecular formula is C16H37ClN2O9S. The van der Waals surface area contributed by atoms with Crippen molar-refractivity contribution < 1.29 is 43.5 Å². The van der Waals surface area contributed by atoms with E-state index in [0.717, 1.165) is 6.42 Å². The SMILES string of the molecule is CCC(C)C(=O)O.CNC1C(O)OC(CO)C(O)C1O.CNCCS(C)(=O)=O.Cl. The number of halogens is 1. The lowest BCUT2D eigenvalue weighted by Crippen LogP contribution is -2.62. The average Bonchev–Trinajstić information content (AvgIpc) is 2.63. The number of nitrogens with one attached hydrogen (secondary N) is 2. The molecule has 0 bridgehead atoms. The van der Waals surface area contributed by atoms with Gasteiger partial charge in [0, 0.05) is 12.8 Å². The molecule has 1 saturated heterocycles. The van der Waals surface area contributed by atoms with Crippen LogP contribution in [0.25, 0.3) is 0 Å². The Morgan fingerprint density at radius 1 is 1.17 bits per heavy atom. The van der Waals surface area contributed by atoms with E-state index >= 15 is 0 Å². The van der Waals surface area contributed by atoms with Crippen molar-refractivity contribution in [2.75, 3.05) is 39.3 Å². The minimum absolute atomic E-state index is 0. The van der Waals surface area contributed by atoms with Gasteiger partial charge in [-0.3, -0.25) is 4.79 Å². The molecule has 11 nitrogen and oxygen atoms in total. The van der Waals surface area contributed by atoms with Crippen LogP contribution in [0.15, 0.2) is 0 Å². The second-order valence-corrected chi connectivity index (χ2v) is 8.68. The fourth-order valence-electron chi connectivity index (χ4n) is 1.87. The monoisotopic (exact) mass is 468 g/mol. The summed E-state index contributed by atoms with van der Waals surface area (Å²) in [5, 5.41) is 50.4. The second-order valence-electron chi connectivity index (χ2n) is 6.42. The van der Waals surface area contributed by atoms with Gasteiger partial charge in [-0.05, 0) is 20.5 Å². The first-order valence-corrected chi connectivity index (χ1v) is 10.9. The maximum atomic E-state index is 10.4. The van der Waals surface area contributed by atoms with Crippen LogP contribution < -0.4 is 10.6 Å². The van der Waals surface area contributed by atoms with Crippen molar-refractivity contribution in [3.8, 4) is 0 Å². The second kappa shape index (κ2) is 17.1. The summed E-state index contributed by atoms with van der Waals surface area (Å²) >= 11 is 0. The van der Waals surface area contributed by atoms with Crippen LogP contribution in [0.3, 0.4) is 0 Å². The van der Waals surface area contributed by atoms with Crippen LogP contribution in [-0.4, -0.2) is 110 Å². The van der Waals surface area contributed by atoms with Crippen LogP contribution in [0.1, 0.15) is 20.3 Å². The molecule has 1 aliphatic heterocycles. The van der Waals surface area contributed by atoms with E-state index in [2.05, 4.69) is 10.6 Å². The number of rotatable bonds is 7. The summed E-state index contributed by atoms with van der Waals surface area (Å²) < 4.78 is 25.6. The number of hydrogen-bond acceptors (Lipinski definition) is 10. The van der Waals surface area contributed by atoms with Crippen molar-refractivity contribution in [3.63, 3.8) is 0 Å². The lowest BCUT2D eigenvalue weighted by Gasteiger charge is -2.39. The Kier molecular flexibility index (Phi) is 19.6. The number of ether oxygens (including phenoxy) is 1. The fraction of sp³-hybridized carbons (Fsp3) is 0.938. The van der Waals surface area contributed by atoms with Gasteiger partial charge in [0.05, 0.1) is 24.3 Å². The van der Waals surface area contributed by atoms with Crippen LogP contribution in [0.5, 0.6) is 0 Å². The smallest absolute Gasteiger partial charge is 0.306 e. The summed E-state index contributed by atoms with van der Waals surface area (Å²) in [5.41, 5.74) is 0. The summed E-state index contributed by atoms with van der Waals surface area (Å²) in [7, 11) is 0.513. The molecule has 1 fully saturated rings. The maximum Gasteiger partial charge on any atom is 0.306 e. The molecule has 0 saturated carbocycles. The molecule has 0 aliphatic carbocycles. The quantitative estimate of drug-likeness (QED) is 0.215. The number of aliphatic carboxylic acids is 1. The van der Waals surface area contributed by atoms with Gasteiger partial charge in [0.2, 0.25) is 0 Å². The van der Waals surface area contributed by atoms with Gasteiger partial charge in [-0.15, -0.1) is 12.4 Å². The predicted octanol–water partition coefficient (Wildman–Crippen LogP) is -2.20. The normalized spacial score (nSPS) is 27.3. The van der Waals surface area contributed by atoms with Gasteiger partial charge >= 0.3 is 5.97 Å². The molecule has 7 N–H and O–H groups in total. The Labute approximate surface area is 178 Å². The molecule has 0 aromatic rings. The van der Waals surface area contributed by atoms with E-state index in [4.69, 9.17) is 14.9 Å². The third-order valence-corrected chi connectivity index (χ3v) is 4.94. The molecule has 0 radical (unpaired) electrons. The molecule has 0 amide bonds. The Bertz CT molecular complexity index is 525. The minimum Gasteiger partial charge on any atom is -0.481 e. The van der Waals surface area contributed by atoms with Gasteiger partial charge in [-0.1, -0.05) is 13.8 Å². The Morgan fingerprint density at radius 3 is 1.93 bits per heavy atom. The topological polar surface area (TPSA) is 186 Å². The fourth-order valence-corrected chi connectivity index (χ4v) is 2.45. The first-order chi connectivity index (χ1) is 12.9. The van der Waals surface area contributed by atoms with Crippen molar-refractivity contribution in [1.82, 2.24) is 10.6 Å². The standard InChI is InChI=1S/C7H15NO5.C5H10O2.C4H11NO2S.ClH/c1-8-4-6(11)5(10)3(2-9)13-7(4)12;1-3-4(2)5(6)7;1-5-3-4-8(2,6)7;/h3-12H,2H2,1H3;4H,3H2,1-2H3,(H,6,7);5H,3-4H2,1-2H3;1H. The van der Waals surface area contributed by atoms with E-state index in [1.54, 1.807) is 14.0 Å². The summed E-state index contributed by atoms with van der Waals surface area (Å²) in [5.74, 6) is -0.661. The highest BCUT2D eigenvalue weighted by atomic mass is 35.5. The van der Waals surface area contributed by atoms with E-state index < -0.39 is 53.1 Å². The number of sulfone groups is 1. The Morgan fingerprint density at radius 2 is 1.69 bits per heavy atom. The number of aliphatic hydroxyl groups is 4. The molecule has 13 heteroatoms. The molecule has 0 aromatic heterocycles. The summed E-state index contributed by atoms with van der Waals surface area (Å²) in [6.07, 6.45) is -2.55. The largest absolute Gasteiger partial charge is 0.481 e. The third-order valence-electron chi connectivity index (χ3n) is 3.99. The number of carboxylic acid groups (broad SMARTS) is 1. The number of likely N-dealkylation sites (N-methyl/N-ethyl adjacent to an activating group) is 1. The third kappa shape index (κ3) is 15.0. The van der Waals surface area contributed by atoms with Gasteiger partial charge in [-0.2, -0.15) is 0 Å².